The molecule has 0 saturated heterocycles. The maximum Gasteiger partial charge on any atom is 0.220 e. The van der Waals surface area contributed by atoms with Crippen LogP contribution >= 0.6 is 0 Å². The van der Waals surface area contributed by atoms with Gasteiger partial charge in [-0.2, -0.15) is 0 Å². The van der Waals surface area contributed by atoms with Crippen LogP contribution < -0.4 is 5.32 Å². The summed E-state index contributed by atoms with van der Waals surface area (Å²) in [6, 6.07) is 8.55. The number of aromatic nitrogens is 3. The molecule has 3 rings (SSSR count). The van der Waals surface area contributed by atoms with Gasteiger partial charge >= 0.3 is 0 Å². The molecule has 0 saturated carbocycles. The van der Waals surface area contributed by atoms with E-state index in [9.17, 15) is 4.79 Å². The number of benzene rings is 1. The SMILES string of the molecule is Cc1ccc(CCC(=O)N[C@H]2CCc3nnc(C)n3C2)cc1. The summed E-state index contributed by atoms with van der Waals surface area (Å²) in [4.78, 5) is 12.1. The van der Waals surface area contributed by atoms with E-state index in [2.05, 4.69) is 51.3 Å². The van der Waals surface area contributed by atoms with Gasteiger partial charge in [0.15, 0.2) is 0 Å². The highest BCUT2D eigenvalue weighted by Crippen LogP contribution is 2.15. The van der Waals surface area contributed by atoms with Crippen molar-refractivity contribution in [1.82, 2.24) is 20.1 Å². The van der Waals surface area contributed by atoms with Crippen molar-refractivity contribution < 1.29 is 4.79 Å². The number of aryl methyl sites for hydroxylation is 4. The molecule has 0 fully saturated rings. The first kappa shape index (κ1) is 14.8. The summed E-state index contributed by atoms with van der Waals surface area (Å²) >= 11 is 0. The van der Waals surface area contributed by atoms with E-state index in [0.29, 0.717) is 6.42 Å². The molecule has 0 radical (unpaired) electrons. The molecule has 0 spiro atoms. The number of nitrogens with one attached hydrogen (secondary N) is 1. The minimum absolute atomic E-state index is 0.125. The smallest absolute Gasteiger partial charge is 0.220 e. The fraction of sp³-hybridized carbons (Fsp3) is 0.471. The van der Waals surface area contributed by atoms with Crippen LogP contribution in [0.15, 0.2) is 24.3 Å². The van der Waals surface area contributed by atoms with Crippen LogP contribution in [0.2, 0.25) is 0 Å². The maximum atomic E-state index is 12.1. The van der Waals surface area contributed by atoms with Gasteiger partial charge in [-0.1, -0.05) is 29.8 Å². The molecule has 2 aromatic rings. The minimum Gasteiger partial charge on any atom is -0.352 e. The van der Waals surface area contributed by atoms with Crippen molar-refractivity contribution in [2.24, 2.45) is 0 Å². The van der Waals surface area contributed by atoms with Gasteiger partial charge in [0.25, 0.3) is 0 Å². The summed E-state index contributed by atoms with van der Waals surface area (Å²) in [6.45, 7) is 4.81. The highest BCUT2D eigenvalue weighted by atomic mass is 16.1. The Morgan fingerprint density at radius 2 is 2.05 bits per heavy atom. The van der Waals surface area contributed by atoms with E-state index in [0.717, 1.165) is 37.5 Å². The molecule has 0 unspecified atom stereocenters. The number of hydrogen-bond acceptors (Lipinski definition) is 3. The summed E-state index contributed by atoms with van der Waals surface area (Å²) < 4.78 is 2.11. The number of hydrogen-bond donors (Lipinski definition) is 1. The van der Waals surface area contributed by atoms with Crippen LogP contribution in [0, 0.1) is 13.8 Å². The molecule has 1 atom stereocenters. The molecule has 1 aromatic carbocycles. The highest BCUT2D eigenvalue weighted by molar-refractivity contribution is 5.76. The van der Waals surface area contributed by atoms with Crippen molar-refractivity contribution in [3.05, 3.63) is 47.0 Å². The summed E-state index contributed by atoms with van der Waals surface area (Å²) in [5, 5.41) is 11.4. The van der Waals surface area contributed by atoms with E-state index >= 15 is 0 Å². The van der Waals surface area contributed by atoms with Crippen molar-refractivity contribution >= 4 is 5.91 Å². The second-order valence-electron chi connectivity index (χ2n) is 6.06. The molecule has 1 aliphatic rings. The average molecular weight is 298 g/mol. The van der Waals surface area contributed by atoms with Crippen LogP contribution in [0.4, 0.5) is 0 Å². The predicted octanol–water partition coefficient (Wildman–Crippen LogP) is 1.96. The molecule has 0 aliphatic carbocycles. The van der Waals surface area contributed by atoms with Gasteiger partial charge in [0.2, 0.25) is 5.91 Å². The lowest BCUT2D eigenvalue weighted by atomic mass is 10.1. The molecule has 5 nitrogen and oxygen atoms in total. The first-order chi connectivity index (χ1) is 10.6. The number of carbonyl (C=O) groups excluding carboxylic acids is 1. The summed E-state index contributed by atoms with van der Waals surface area (Å²) in [5.74, 6) is 2.08. The van der Waals surface area contributed by atoms with Gasteiger partial charge in [0.05, 0.1) is 0 Å². The van der Waals surface area contributed by atoms with Gasteiger partial charge in [0, 0.05) is 25.4 Å². The third-order valence-corrected chi connectivity index (χ3v) is 4.26. The topological polar surface area (TPSA) is 59.8 Å². The Bertz CT molecular complexity index is 660. The lowest BCUT2D eigenvalue weighted by Gasteiger charge is -2.24. The van der Waals surface area contributed by atoms with Gasteiger partial charge < -0.3 is 9.88 Å². The van der Waals surface area contributed by atoms with Crippen LogP contribution in [0.25, 0.3) is 0 Å². The van der Waals surface area contributed by atoms with Gasteiger partial charge in [-0.3, -0.25) is 4.79 Å². The minimum atomic E-state index is 0.125. The zero-order valence-electron chi connectivity index (χ0n) is 13.2. The van der Waals surface area contributed by atoms with Crippen LogP contribution in [-0.4, -0.2) is 26.7 Å². The van der Waals surface area contributed by atoms with Gasteiger partial charge in [-0.25, -0.2) is 0 Å². The Labute approximate surface area is 130 Å². The molecule has 1 N–H and O–H groups in total. The fourth-order valence-electron chi connectivity index (χ4n) is 2.89. The molecule has 2 heterocycles. The number of carbonyl (C=O) groups is 1. The molecular formula is C17H22N4O. The Hall–Kier alpha value is -2.17. The van der Waals surface area contributed by atoms with Crippen molar-refractivity contribution in [1.29, 1.82) is 0 Å². The largest absolute Gasteiger partial charge is 0.352 e. The van der Waals surface area contributed by atoms with E-state index in [1.165, 1.54) is 11.1 Å². The molecule has 22 heavy (non-hydrogen) atoms. The standard InChI is InChI=1S/C17H22N4O/c1-12-3-5-14(6-4-12)7-10-17(22)18-15-8-9-16-20-19-13(2)21(16)11-15/h3-6,15H,7-11H2,1-2H3,(H,18,22)/t15-/m0/s1. The van der Waals surface area contributed by atoms with Crippen molar-refractivity contribution in [3.63, 3.8) is 0 Å². The Balaban J connectivity index is 1.50. The van der Waals surface area contributed by atoms with Crippen LogP contribution in [0.1, 0.15) is 35.6 Å². The van der Waals surface area contributed by atoms with Gasteiger partial charge in [-0.05, 0) is 32.3 Å². The maximum absolute atomic E-state index is 12.1. The number of fused-ring (bicyclic) bond motifs is 1. The second-order valence-corrected chi connectivity index (χ2v) is 6.06. The number of amides is 1. The summed E-state index contributed by atoms with van der Waals surface area (Å²) in [7, 11) is 0. The summed E-state index contributed by atoms with van der Waals surface area (Å²) in [5.41, 5.74) is 2.46. The number of nitrogens with zero attached hydrogens (tertiary/aromatic N) is 3. The summed E-state index contributed by atoms with van der Waals surface area (Å²) in [6.07, 6.45) is 3.14. The molecule has 1 aliphatic heterocycles. The molecule has 0 bridgehead atoms. The molecule has 5 heteroatoms. The van der Waals surface area contributed by atoms with E-state index in [1.807, 2.05) is 6.92 Å². The Morgan fingerprint density at radius 1 is 1.27 bits per heavy atom. The zero-order chi connectivity index (χ0) is 15.5. The molecular weight excluding hydrogens is 276 g/mol. The molecule has 1 amide bonds. The first-order valence-electron chi connectivity index (χ1n) is 7.85. The average Bonchev–Trinajstić information content (AvgIpc) is 2.88. The molecule has 116 valence electrons. The van der Waals surface area contributed by atoms with E-state index in [4.69, 9.17) is 0 Å². The van der Waals surface area contributed by atoms with Crippen molar-refractivity contribution in [3.8, 4) is 0 Å². The van der Waals surface area contributed by atoms with Crippen LogP contribution in [-0.2, 0) is 24.2 Å². The highest BCUT2D eigenvalue weighted by Gasteiger charge is 2.22. The van der Waals surface area contributed by atoms with Gasteiger partial charge in [-0.15, -0.1) is 10.2 Å². The van der Waals surface area contributed by atoms with E-state index in [1.54, 1.807) is 0 Å². The van der Waals surface area contributed by atoms with Gasteiger partial charge in [0.1, 0.15) is 11.6 Å². The lowest BCUT2D eigenvalue weighted by Crippen LogP contribution is -2.41. The van der Waals surface area contributed by atoms with Crippen molar-refractivity contribution in [2.75, 3.05) is 0 Å². The predicted molar refractivity (Wildman–Crippen MR) is 84.5 cm³/mol. The zero-order valence-corrected chi connectivity index (χ0v) is 13.2. The monoisotopic (exact) mass is 298 g/mol. The van der Waals surface area contributed by atoms with Crippen LogP contribution in [0.5, 0.6) is 0 Å². The third-order valence-electron chi connectivity index (χ3n) is 4.26. The van der Waals surface area contributed by atoms with Crippen molar-refractivity contribution in [2.45, 2.75) is 52.1 Å². The van der Waals surface area contributed by atoms with E-state index < -0.39 is 0 Å². The van der Waals surface area contributed by atoms with Crippen LogP contribution in [0.3, 0.4) is 0 Å². The Kier molecular flexibility index (Phi) is 4.22. The lowest BCUT2D eigenvalue weighted by molar-refractivity contribution is -0.122. The fourth-order valence-corrected chi connectivity index (χ4v) is 2.89. The first-order valence-corrected chi connectivity index (χ1v) is 7.85. The second kappa shape index (κ2) is 6.30. The third kappa shape index (κ3) is 3.35. The quantitative estimate of drug-likeness (QED) is 0.938. The van der Waals surface area contributed by atoms with E-state index in [-0.39, 0.29) is 11.9 Å². The molecule has 1 aromatic heterocycles. The normalized spacial score (nSPS) is 17.1. The number of rotatable bonds is 4. The Morgan fingerprint density at radius 3 is 2.82 bits per heavy atom.